The number of nitrogens with zero attached hydrogens (tertiary/aromatic N) is 2. The summed E-state index contributed by atoms with van der Waals surface area (Å²) in [4.78, 5) is 19.8. The largest absolute Gasteiger partial charge is 0.397 e. The summed E-state index contributed by atoms with van der Waals surface area (Å²) in [6, 6.07) is 7.26. The summed E-state index contributed by atoms with van der Waals surface area (Å²) < 4.78 is 0. The standard InChI is InChI=1S/C13H14N4OS/c1-9-3-4-11(10(14)7-9)17-12(18)8-19-13-15-5-2-6-16-13/h2-7H,8,14H2,1H3,(H,17,18). The first-order valence-electron chi connectivity index (χ1n) is 5.71. The minimum atomic E-state index is -0.131. The molecule has 6 heteroatoms. The van der Waals surface area contributed by atoms with Gasteiger partial charge >= 0.3 is 0 Å². The highest BCUT2D eigenvalue weighted by atomic mass is 32.2. The van der Waals surface area contributed by atoms with Crippen LogP contribution in [0.2, 0.25) is 0 Å². The molecule has 1 aromatic heterocycles. The number of nitrogens with one attached hydrogen (secondary N) is 1. The smallest absolute Gasteiger partial charge is 0.234 e. The van der Waals surface area contributed by atoms with E-state index in [1.54, 1.807) is 24.5 Å². The molecule has 1 heterocycles. The number of amides is 1. The highest BCUT2D eigenvalue weighted by Crippen LogP contribution is 2.20. The van der Waals surface area contributed by atoms with Crippen LogP contribution < -0.4 is 11.1 Å². The number of anilines is 2. The van der Waals surface area contributed by atoms with Crippen molar-refractivity contribution in [1.82, 2.24) is 9.97 Å². The van der Waals surface area contributed by atoms with Gasteiger partial charge in [0.15, 0.2) is 5.16 Å². The quantitative estimate of drug-likeness (QED) is 0.507. The maximum absolute atomic E-state index is 11.8. The van der Waals surface area contributed by atoms with Gasteiger partial charge in [-0.15, -0.1) is 0 Å². The highest BCUT2D eigenvalue weighted by molar-refractivity contribution is 7.99. The van der Waals surface area contributed by atoms with E-state index < -0.39 is 0 Å². The van der Waals surface area contributed by atoms with Gasteiger partial charge in [-0.2, -0.15) is 0 Å². The predicted octanol–water partition coefficient (Wildman–Crippen LogP) is 2.10. The lowest BCUT2D eigenvalue weighted by atomic mass is 10.2. The van der Waals surface area contributed by atoms with E-state index in [-0.39, 0.29) is 11.7 Å². The fourth-order valence-corrected chi connectivity index (χ4v) is 2.08. The molecule has 0 saturated carbocycles. The third kappa shape index (κ3) is 3.96. The molecule has 0 radical (unpaired) electrons. The predicted molar refractivity (Wildman–Crippen MR) is 77.0 cm³/mol. The van der Waals surface area contributed by atoms with Crippen LogP contribution in [0.15, 0.2) is 41.8 Å². The molecule has 0 saturated heterocycles. The summed E-state index contributed by atoms with van der Waals surface area (Å²) in [5.41, 5.74) is 8.08. The third-order valence-corrected chi connectivity index (χ3v) is 3.23. The van der Waals surface area contributed by atoms with Crippen molar-refractivity contribution >= 4 is 29.0 Å². The summed E-state index contributed by atoms with van der Waals surface area (Å²) in [7, 11) is 0. The molecule has 5 nitrogen and oxygen atoms in total. The fourth-order valence-electron chi connectivity index (χ4n) is 1.47. The maximum Gasteiger partial charge on any atom is 0.234 e. The van der Waals surface area contributed by atoms with Gasteiger partial charge in [-0.3, -0.25) is 4.79 Å². The van der Waals surface area contributed by atoms with Crippen molar-refractivity contribution in [1.29, 1.82) is 0 Å². The maximum atomic E-state index is 11.8. The van der Waals surface area contributed by atoms with Gasteiger partial charge in [0.05, 0.1) is 17.1 Å². The van der Waals surface area contributed by atoms with E-state index >= 15 is 0 Å². The van der Waals surface area contributed by atoms with Gasteiger partial charge in [0.2, 0.25) is 5.91 Å². The zero-order valence-corrected chi connectivity index (χ0v) is 11.3. The lowest BCUT2D eigenvalue weighted by Crippen LogP contribution is -2.15. The number of nitrogen functional groups attached to an aromatic ring is 1. The Morgan fingerprint density at radius 3 is 2.79 bits per heavy atom. The normalized spacial score (nSPS) is 10.2. The number of aromatic nitrogens is 2. The molecule has 2 rings (SSSR count). The Kier molecular flexibility index (Phi) is 4.35. The first kappa shape index (κ1) is 13.4. The SMILES string of the molecule is Cc1ccc(NC(=O)CSc2ncccn2)c(N)c1. The number of aryl methyl sites for hydroxylation is 1. The third-order valence-electron chi connectivity index (χ3n) is 2.36. The average molecular weight is 274 g/mol. The summed E-state index contributed by atoms with van der Waals surface area (Å²) in [5.74, 6) is 0.116. The van der Waals surface area contributed by atoms with Crippen molar-refractivity contribution in [3.05, 3.63) is 42.2 Å². The van der Waals surface area contributed by atoms with Crippen LogP contribution in [0.4, 0.5) is 11.4 Å². The Morgan fingerprint density at radius 1 is 1.37 bits per heavy atom. The van der Waals surface area contributed by atoms with E-state index in [0.29, 0.717) is 16.5 Å². The Hall–Kier alpha value is -2.08. The Balaban J connectivity index is 1.91. The fraction of sp³-hybridized carbons (Fsp3) is 0.154. The molecule has 2 aromatic rings. The van der Waals surface area contributed by atoms with Crippen molar-refractivity contribution in [3.63, 3.8) is 0 Å². The lowest BCUT2D eigenvalue weighted by molar-refractivity contribution is -0.113. The van der Waals surface area contributed by atoms with Gasteiger partial charge in [0.25, 0.3) is 0 Å². The van der Waals surface area contributed by atoms with Gasteiger partial charge in [-0.25, -0.2) is 9.97 Å². The number of benzene rings is 1. The monoisotopic (exact) mass is 274 g/mol. The van der Waals surface area contributed by atoms with Crippen LogP contribution in [-0.4, -0.2) is 21.6 Å². The van der Waals surface area contributed by atoms with Crippen LogP contribution >= 0.6 is 11.8 Å². The van der Waals surface area contributed by atoms with E-state index in [9.17, 15) is 4.79 Å². The van der Waals surface area contributed by atoms with Crippen molar-refractivity contribution < 1.29 is 4.79 Å². The number of carbonyl (C=O) groups excluding carboxylic acids is 1. The Bertz CT molecular complexity index is 574. The van der Waals surface area contributed by atoms with Gasteiger partial charge in [-0.05, 0) is 30.7 Å². The molecule has 0 spiro atoms. The number of hydrogen-bond donors (Lipinski definition) is 2. The van der Waals surface area contributed by atoms with Crippen LogP contribution in [0.1, 0.15) is 5.56 Å². The lowest BCUT2D eigenvalue weighted by Gasteiger charge is -2.08. The molecular formula is C13H14N4OS. The second-order valence-electron chi connectivity index (χ2n) is 3.96. The molecule has 3 N–H and O–H groups in total. The summed E-state index contributed by atoms with van der Waals surface area (Å²) in [5, 5.41) is 3.35. The van der Waals surface area contributed by atoms with Gasteiger partial charge in [0, 0.05) is 12.4 Å². The molecule has 0 atom stereocenters. The number of carbonyl (C=O) groups is 1. The van der Waals surface area contributed by atoms with Crippen molar-refractivity contribution in [3.8, 4) is 0 Å². The van der Waals surface area contributed by atoms with Crippen molar-refractivity contribution in [2.45, 2.75) is 12.1 Å². The molecule has 1 amide bonds. The molecule has 0 fully saturated rings. The van der Waals surface area contributed by atoms with E-state index in [2.05, 4.69) is 15.3 Å². The first-order valence-corrected chi connectivity index (χ1v) is 6.69. The van der Waals surface area contributed by atoms with Crippen molar-refractivity contribution in [2.24, 2.45) is 0 Å². The number of hydrogen-bond acceptors (Lipinski definition) is 5. The van der Waals surface area contributed by atoms with Crippen LogP contribution in [0, 0.1) is 6.92 Å². The number of nitrogens with two attached hydrogens (primary N) is 1. The second kappa shape index (κ2) is 6.19. The number of thioether (sulfide) groups is 1. The van der Waals surface area contributed by atoms with E-state index in [4.69, 9.17) is 5.73 Å². The topological polar surface area (TPSA) is 80.9 Å². The van der Waals surface area contributed by atoms with E-state index in [1.165, 1.54) is 11.8 Å². The minimum absolute atomic E-state index is 0.131. The molecule has 98 valence electrons. The molecule has 0 aliphatic carbocycles. The molecule has 0 aliphatic heterocycles. The molecule has 0 aliphatic rings. The average Bonchev–Trinajstić information content (AvgIpc) is 2.41. The molecule has 1 aromatic carbocycles. The second-order valence-corrected chi connectivity index (χ2v) is 4.90. The Morgan fingerprint density at radius 2 is 2.11 bits per heavy atom. The summed E-state index contributed by atoms with van der Waals surface area (Å²) in [6.45, 7) is 1.95. The highest BCUT2D eigenvalue weighted by Gasteiger charge is 2.07. The zero-order chi connectivity index (χ0) is 13.7. The first-order chi connectivity index (χ1) is 9.15. The summed E-state index contributed by atoms with van der Waals surface area (Å²) >= 11 is 1.28. The van der Waals surface area contributed by atoms with Crippen LogP contribution in [0.3, 0.4) is 0 Å². The molecule has 19 heavy (non-hydrogen) atoms. The zero-order valence-electron chi connectivity index (χ0n) is 10.5. The number of rotatable bonds is 4. The summed E-state index contributed by atoms with van der Waals surface area (Å²) in [6.07, 6.45) is 3.29. The van der Waals surface area contributed by atoms with Gasteiger partial charge in [-0.1, -0.05) is 17.8 Å². The Labute approximate surface area is 115 Å². The molecule has 0 unspecified atom stereocenters. The molecule has 0 bridgehead atoms. The van der Waals surface area contributed by atoms with E-state index in [0.717, 1.165) is 5.56 Å². The van der Waals surface area contributed by atoms with Crippen LogP contribution in [0.5, 0.6) is 0 Å². The molecular weight excluding hydrogens is 260 g/mol. The van der Waals surface area contributed by atoms with Gasteiger partial charge in [0.1, 0.15) is 0 Å². The van der Waals surface area contributed by atoms with Crippen molar-refractivity contribution in [2.75, 3.05) is 16.8 Å². The van der Waals surface area contributed by atoms with Gasteiger partial charge < -0.3 is 11.1 Å². The van der Waals surface area contributed by atoms with E-state index in [1.807, 2.05) is 19.1 Å². The van der Waals surface area contributed by atoms with Crippen LogP contribution in [-0.2, 0) is 4.79 Å². The van der Waals surface area contributed by atoms with Crippen LogP contribution in [0.25, 0.3) is 0 Å². The minimum Gasteiger partial charge on any atom is -0.397 e.